The minimum atomic E-state index is -0.217. The van der Waals surface area contributed by atoms with Crippen LogP contribution in [0.25, 0.3) is 0 Å². The van der Waals surface area contributed by atoms with Crippen molar-refractivity contribution < 1.29 is 9.13 Å². The zero-order valence-electron chi connectivity index (χ0n) is 5.23. The standard InChI is InChI=1S/C8H5FO/c9-8-2-1-6-4-10-5-7(6)3-8/h1-3H,5H2. The fourth-order valence-electron chi connectivity index (χ4n) is 0.973. The van der Waals surface area contributed by atoms with Crippen molar-refractivity contribution in [2.75, 3.05) is 0 Å². The van der Waals surface area contributed by atoms with Gasteiger partial charge in [-0.15, -0.1) is 0 Å². The highest BCUT2D eigenvalue weighted by molar-refractivity contribution is 5.34. The van der Waals surface area contributed by atoms with Crippen molar-refractivity contribution in [3.05, 3.63) is 41.8 Å². The van der Waals surface area contributed by atoms with Crippen molar-refractivity contribution in [3.8, 4) is 0 Å². The lowest BCUT2D eigenvalue weighted by Crippen LogP contribution is -1.81. The highest BCUT2D eigenvalue weighted by atomic mass is 19.1. The van der Waals surface area contributed by atoms with Crippen molar-refractivity contribution in [1.29, 1.82) is 0 Å². The summed E-state index contributed by atoms with van der Waals surface area (Å²) in [5, 5.41) is 0. The van der Waals surface area contributed by atoms with Gasteiger partial charge in [-0.2, -0.15) is 0 Å². The third kappa shape index (κ3) is 0.809. The summed E-state index contributed by atoms with van der Waals surface area (Å²) in [5.41, 5.74) is 1.74. The van der Waals surface area contributed by atoms with Crippen molar-refractivity contribution >= 4 is 0 Å². The minimum absolute atomic E-state index is 0.217. The maximum Gasteiger partial charge on any atom is 0.167 e. The average Bonchev–Trinajstić information content (AvgIpc) is 2.33. The molecule has 1 aliphatic heterocycles. The Morgan fingerprint density at radius 1 is 1.50 bits per heavy atom. The Labute approximate surface area is 58.4 Å². The van der Waals surface area contributed by atoms with Gasteiger partial charge in [-0.1, -0.05) is 6.07 Å². The lowest BCUT2D eigenvalue weighted by Gasteiger charge is -1.92. The Balaban J connectivity index is 2.52. The van der Waals surface area contributed by atoms with E-state index in [-0.39, 0.29) is 5.82 Å². The van der Waals surface area contributed by atoms with E-state index in [1.165, 1.54) is 12.1 Å². The van der Waals surface area contributed by atoms with E-state index in [4.69, 9.17) is 4.74 Å². The van der Waals surface area contributed by atoms with Gasteiger partial charge in [0, 0.05) is 0 Å². The van der Waals surface area contributed by atoms with E-state index in [1.807, 2.05) is 0 Å². The summed E-state index contributed by atoms with van der Waals surface area (Å²) in [4.78, 5) is 0. The van der Waals surface area contributed by atoms with Crippen LogP contribution in [0.4, 0.5) is 4.39 Å². The second-order valence-electron chi connectivity index (χ2n) is 2.19. The van der Waals surface area contributed by atoms with Crippen LogP contribution in [0, 0.1) is 12.4 Å². The fourth-order valence-corrected chi connectivity index (χ4v) is 0.973. The molecule has 50 valence electrons. The first-order valence-electron chi connectivity index (χ1n) is 3.02. The molecular weight excluding hydrogens is 131 g/mol. The lowest BCUT2D eigenvalue weighted by atomic mass is 10.1. The van der Waals surface area contributed by atoms with Gasteiger partial charge in [-0.3, -0.25) is 0 Å². The van der Waals surface area contributed by atoms with Crippen LogP contribution in [0.2, 0.25) is 0 Å². The van der Waals surface area contributed by atoms with Gasteiger partial charge in [0.25, 0.3) is 0 Å². The maximum absolute atomic E-state index is 12.5. The van der Waals surface area contributed by atoms with E-state index in [0.29, 0.717) is 6.61 Å². The van der Waals surface area contributed by atoms with E-state index >= 15 is 0 Å². The summed E-state index contributed by atoms with van der Waals surface area (Å²) in [5.74, 6) is -0.217. The van der Waals surface area contributed by atoms with Crippen LogP contribution in [0.5, 0.6) is 0 Å². The van der Waals surface area contributed by atoms with Crippen LogP contribution in [0.3, 0.4) is 0 Å². The molecule has 1 aromatic carbocycles. The van der Waals surface area contributed by atoms with E-state index in [1.54, 1.807) is 6.07 Å². The highest BCUT2D eigenvalue weighted by Crippen LogP contribution is 2.21. The van der Waals surface area contributed by atoms with Gasteiger partial charge >= 0.3 is 0 Å². The third-order valence-corrected chi connectivity index (χ3v) is 1.48. The van der Waals surface area contributed by atoms with E-state index in [9.17, 15) is 4.39 Å². The molecule has 1 nitrogen and oxygen atoms in total. The second kappa shape index (κ2) is 2.06. The number of ether oxygens (including phenoxy) is 1. The number of hydrogen-bond acceptors (Lipinski definition) is 1. The third-order valence-electron chi connectivity index (χ3n) is 1.48. The summed E-state index contributed by atoms with van der Waals surface area (Å²) in [6, 6.07) is 4.54. The molecule has 10 heavy (non-hydrogen) atoms. The van der Waals surface area contributed by atoms with Gasteiger partial charge in [-0.05, 0) is 23.3 Å². The summed E-state index contributed by atoms with van der Waals surface area (Å²) in [6.07, 6.45) is 0. The molecular formula is C8H5FO. The van der Waals surface area contributed by atoms with E-state index < -0.39 is 0 Å². The monoisotopic (exact) mass is 136 g/mol. The predicted octanol–water partition coefficient (Wildman–Crippen LogP) is 1.74. The van der Waals surface area contributed by atoms with Gasteiger partial charge in [0.2, 0.25) is 0 Å². The lowest BCUT2D eigenvalue weighted by molar-refractivity contribution is 0.223. The Hall–Kier alpha value is -0.890. The van der Waals surface area contributed by atoms with E-state index in [0.717, 1.165) is 11.1 Å². The summed E-state index contributed by atoms with van der Waals surface area (Å²) >= 11 is 0. The molecule has 0 amide bonds. The first-order chi connectivity index (χ1) is 4.86. The molecule has 0 spiro atoms. The van der Waals surface area contributed by atoms with Gasteiger partial charge in [-0.25, -0.2) is 4.39 Å². The molecule has 0 atom stereocenters. The average molecular weight is 136 g/mol. The normalized spacial score (nSPS) is 15.3. The molecule has 0 aromatic heterocycles. The van der Waals surface area contributed by atoms with Crippen molar-refractivity contribution in [2.24, 2.45) is 0 Å². The second-order valence-corrected chi connectivity index (χ2v) is 2.19. The zero-order chi connectivity index (χ0) is 6.97. The van der Waals surface area contributed by atoms with Crippen molar-refractivity contribution in [2.45, 2.75) is 6.61 Å². The first-order valence-corrected chi connectivity index (χ1v) is 3.02. The molecule has 2 radical (unpaired) electrons. The van der Waals surface area contributed by atoms with Crippen LogP contribution >= 0.6 is 0 Å². The Bertz CT molecular complexity index is 257. The molecule has 2 heteroatoms. The molecule has 0 fully saturated rings. The molecule has 0 unspecified atom stereocenters. The Kier molecular flexibility index (Phi) is 1.21. The quantitative estimate of drug-likeness (QED) is 0.527. The highest BCUT2D eigenvalue weighted by Gasteiger charge is 2.12. The molecule has 0 aliphatic carbocycles. The molecule has 2 rings (SSSR count). The molecule has 1 aliphatic rings. The number of hydrogen-bond donors (Lipinski definition) is 0. The maximum atomic E-state index is 12.5. The number of rotatable bonds is 0. The van der Waals surface area contributed by atoms with Crippen LogP contribution in [-0.4, -0.2) is 0 Å². The van der Waals surface area contributed by atoms with Crippen LogP contribution < -0.4 is 0 Å². The Morgan fingerprint density at radius 2 is 2.40 bits per heavy atom. The summed E-state index contributed by atoms with van der Waals surface area (Å²) in [7, 11) is 0. The largest absolute Gasteiger partial charge is 0.358 e. The summed E-state index contributed by atoms with van der Waals surface area (Å²) in [6.45, 7) is 3.11. The SMILES string of the molecule is Fc1ccc2c(c1)CO[C]2. The topological polar surface area (TPSA) is 9.23 Å². The van der Waals surface area contributed by atoms with Crippen molar-refractivity contribution in [1.82, 2.24) is 0 Å². The van der Waals surface area contributed by atoms with Gasteiger partial charge in [0.05, 0.1) is 6.61 Å². The first kappa shape index (κ1) is 5.86. The van der Waals surface area contributed by atoms with Crippen molar-refractivity contribution in [3.63, 3.8) is 0 Å². The number of fused-ring (bicyclic) bond motifs is 1. The van der Waals surface area contributed by atoms with Gasteiger partial charge in [0.15, 0.2) is 6.61 Å². The molecule has 0 bridgehead atoms. The van der Waals surface area contributed by atoms with Crippen LogP contribution in [-0.2, 0) is 11.3 Å². The summed E-state index contributed by atoms with van der Waals surface area (Å²) < 4.78 is 17.3. The molecule has 0 saturated heterocycles. The fraction of sp³-hybridized carbons (Fsp3) is 0.125. The zero-order valence-corrected chi connectivity index (χ0v) is 5.23. The minimum Gasteiger partial charge on any atom is -0.358 e. The molecule has 1 aromatic rings. The number of halogens is 1. The van der Waals surface area contributed by atoms with Crippen LogP contribution in [0.15, 0.2) is 18.2 Å². The Morgan fingerprint density at radius 3 is 3.30 bits per heavy atom. The smallest absolute Gasteiger partial charge is 0.167 e. The van der Waals surface area contributed by atoms with Gasteiger partial charge in [0.1, 0.15) is 5.82 Å². The van der Waals surface area contributed by atoms with Gasteiger partial charge < -0.3 is 4.74 Å². The molecule has 0 saturated carbocycles. The number of benzene rings is 1. The van der Waals surface area contributed by atoms with Crippen LogP contribution in [0.1, 0.15) is 11.1 Å². The molecule has 1 heterocycles. The molecule has 0 N–H and O–H groups in total. The van der Waals surface area contributed by atoms with E-state index in [2.05, 4.69) is 6.61 Å². The predicted molar refractivity (Wildman–Crippen MR) is 33.5 cm³/mol.